The summed E-state index contributed by atoms with van der Waals surface area (Å²) in [5.41, 5.74) is 7.81. The minimum Gasteiger partial charge on any atom is -0.453 e. The lowest BCUT2D eigenvalue weighted by Crippen LogP contribution is -2.46. The summed E-state index contributed by atoms with van der Waals surface area (Å²) in [7, 11) is 2.05. The Balaban J connectivity index is 1.40. The van der Waals surface area contributed by atoms with Gasteiger partial charge in [0.15, 0.2) is 11.6 Å². The molecule has 4 rings (SSSR count). The number of carbonyl (C=O) groups is 1. The van der Waals surface area contributed by atoms with Crippen LogP contribution in [0.4, 0.5) is 4.39 Å². The van der Waals surface area contributed by atoms with Crippen molar-refractivity contribution in [2.75, 3.05) is 20.1 Å². The first kappa shape index (κ1) is 22.2. The molecular weight excluding hydrogens is 413 g/mol. The SMILES string of the molecule is CN1CCC[C@H]1CNC(=O)C(N)Cc1ccc(Oc2ccnc3[nH]cc(CO)c23)c(F)c1. The number of amides is 1. The molecule has 0 radical (unpaired) electrons. The molecule has 32 heavy (non-hydrogen) atoms. The van der Waals surface area contributed by atoms with Crippen LogP contribution in [-0.2, 0) is 17.8 Å². The number of H-pyrrole nitrogens is 1. The molecule has 5 N–H and O–H groups in total. The molecule has 170 valence electrons. The summed E-state index contributed by atoms with van der Waals surface area (Å²) in [5.74, 6) is -0.378. The van der Waals surface area contributed by atoms with E-state index in [-0.39, 0.29) is 24.7 Å². The van der Waals surface area contributed by atoms with E-state index in [0.717, 1.165) is 19.4 Å². The molecule has 0 bridgehead atoms. The van der Waals surface area contributed by atoms with E-state index in [1.165, 1.54) is 12.1 Å². The average molecular weight is 442 g/mol. The van der Waals surface area contributed by atoms with Gasteiger partial charge in [0, 0.05) is 30.5 Å². The highest BCUT2D eigenvalue weighted by Crippen LogP contribution is 2.32. The molecule has 0 spiro atoms. The van der Waals surface area contributed by atoms with Crippen LogP contribution in [0.5, 0.6) is 11.5 Å². The Morgan fingerprint density at radius 3 is 3.00 bits per heavy atom. The standard InChI is InChI=1S/C23H28FN5O3/c1-29-8-2-3-16(29)12-28-23(31)18(25)10-14-4-5-19(17(24)9-14)32-20-6-7-26-22-21(20)15(13-30)11-27-22/h4-7,9,11,16,18,30H,2-3,8,10,12-13,25H2,1H3,(H,26,27)(H,28,31)/t16-,18?/m0/s1. The smallest absolute Gasteiger partial charge is 0.237 e. The third-order valence-electron chi connectivity index (χ3n) is 5.98. The van der Waals surface area contributed by atoms with Gasteiger partial charge in [-0.05, 0) is 56.6 Å². The van der Waals surface area contributed by atoms with Crippen molar-refractivity contribution in [2.45, 2.75) is 38.0 Å². The maximum absolute atomic E-state index is 14.7. The number of ether oxygens (including phenoxy) is 1. The number of carbonyl (C=O) groups excluding carboxylic acids is 1. The molecule has 1 fully saturated rings. The van der Waals surface area contributed by atoms with Gasteiger partial charge in [0.25, 0.3) is 0 Å². The van der Waals surface area contributed by atoms with Crippen LogP contribution in [0.3, 0.4) is 0 Å². The van der Waals surface area contributed by atoms with Gasteiger partial charge < -0.3 is 30.8 Å². The molecule has 0 saturated carbocycles. The number of aliphatic hydroxyl groups excluding tert-OH is 1. The minimum absolute atomic E-state index is 0.0358. The summed E-state index contributed by atoms with van der Waals surface area (Å²) >= 11 is 0. The van der Waals surface area contributed by atoms with E-state index in [1.54, 1.807) is 24.5 Å². The van der Waals surface area contributed by atoms with Gasteiger partial charge in [-0.3, -0.25) is 4.79 Å². The van der Waals surface area contributed by atoms with E-state index in [1.807, 2.05) is 7.05 Å². The molecule has 1 aliphatic heterocycles. The number of hydrogen-bond acceptors (Lipinski definition) is 6. The van der Waals surface area contributed by atoms with Gasteiger partial charge >= 0.3 is 0 Å². The van der Waals surface area contributed by atoms with Crippen LogP contribution in [0.1, 0.15) is 24.0 Å². The van der Waals surface area contributed by atoms with Crippen LogP contribution in [-0.4, -0.2) is 58.1 Å². The van der Waals surface area contributed by atoms with Gasteiger partial charge in [-0.2, -0.15) is 0 Å². The van der Waals surface area contributed by atoms with Gasteiger partial charge in [-0.25, -0.2) is 9.37 Å². The number of nitrogens with one attached hydrogen (secondary N) is 2. The lowest BCUT2D eigenvalue weighted by atomic mass is 10.1. The first-order chi connectivity index (χ1) is 15.5. The van der Waals surface area contributed by atoms with Crippen LogP contribution in [0.2, 0.25) is 0 Å². The van der Waals surface area contributed by atoms with Crippen molar-refractivity contribution in [3.05, 3.63) is 53.6 Å². The number of halogens is 1. The number of rotatable bonds is 8. The van der Waals surface area contributed by atoms with Crippen LogP contribution >= 0.6 is 0 Å². The lowest BCUT2D eigenvalue weighted by molar-refractivity contribution is -0.122. The largest absolute Gasteiger partial charge is 0.453 e. The summed E-state index contributed by atoms with van der Waals surface area (Å²) in [6.45, 7) is 1.41. The number of likely N-dealkylation sites (N-methyl/N-ethyl adjacent to an activating group) is 1. The van der Waals surface area contributed by atoms with Crippen LogP contribution in [0.15, 0.2) is 36.7 Å². The van der Waals surface area contributed by atoms with Crippen LogP contribution in [0.25, 0.3) is 11.0 Å². The molecular formula is C23H28FN5O3. The van der Waals surface area contributed by atoms with Gasteiger partial charge in [0.1, 0.15) is 11.4 Å². The number of nitrogens with two attached hydrogens (primary N) is 1. The number of nitrogens with zero attached hydrogens (tertiary/aromatic N) is 2. The zero-order valence-corrected chi connectivity index (χ0v) is 18.0. The van der Waals surface area contributed by atoms with Crippen molar-refractivity contribution in [3.8, 4) is 11.5 Å². The number of pyridine rings is 1. The molecule has 1 unspecified atom stereocenters. The highest BCUT2D eigenvalue weighted by Gasteiger charge is 2.23. The predicted octanol–water partition coefficient (Wildman–Crippen LogP) is 2.07. The van der Waals surface area contributed by atoms with Gasteiger partial charge in [-0.1, -0.05) is 6.07 Å². The molecule has 2 atom stereocenters. The molecule has 1 aliphatic rings. The Bertz CT molecular complexity index is 1100. The Labute approximate surface area is 185 Å². The second-order valence-electron chi connectivity index (χ2n) is 8.20. The van der Waals surface area contributed by atoms with E-state index >= 15 is 0 Å². The zero-order chi connectivity index (χ0) is 22.7. The highest BCUT2D eigenvalue weighted by molar-refractivity contribution is 5.86. The fourth-order valence-electron chi connectivity index (χ4n) is 4.11. The number of benzene rings is 1. The predicted molar refractivity (Wildman–Crippen MR) is 119 cm³/mol. The summed E-state index contributed by atoms with van der Waals surface area (Å²) in [4.78, 5) is 21.7. The van der Waals surface area contributed by atoms with Crippen molar-refractivity contribution in [3.63, 3.8) is 0 Å². The Hall–Kier alpha value is -3.01. The number of aromatic amines is 1. The van der Waals surface area contributed by atoms with Crippen molar-refractivity contribution >= 4 is 16.9 Å². The summed E-state index contributed by atoms with van der Waals surface area (Å²) in [6.07, 6.45) is 5.59. The van der Waals surface area contributed by atoms with Crippen LogP contribution in [0, 0.1) is 5.82 Å². The summed E-state index contributed by atoms with van der Waals surface area (Å²) < 4.78 is 20.5. The maximum atomic E-state index is 14.7. The molecule has 9 heteroatoms. The van der Waals surface area contributed by atoms with Crippen molar-refractivity contribution in [2.24, 2.45) is 5.73 Å². The number of fused-ring (bicyclic) bond motifs is 1. The van der Waals surface area contributed by atoms with Crippen molar-refractivity contribution in [1.82, 2.24) is 20.2 Å². The molecule has 2 aromatic heterocycles. The third-order valence-corrected chi connectivity index (χ3v) is 5.98. The molecule has 1 aromatic carbocycles. The second kappa shape index (κ2) is 9.64. The van der Waals surface area contributed by atoms with E-state index in [0.29, 0.717) is 40.5 Å². The summed E-state index contributed by atoms with van der Waals surface area (Å²) in [6, 6.07) is 5.73. The van der Waals surface area contributed by atoms with E-state index < -0.39 is 11.9 Å². The molecule has 8 nitrogen and oxygen atoms in total. The first-order valence-corrected chi connectivity index (χ1v) is 10.7. The summed E-state index contributed by atoms with van der Waals surface area (Å²) in [5, 5.41) is 13.0. The molecule has 1 amide bonds. The van der Waals surface area contributed by atoms with Gasteiger partial charge in [-0.15, -0.1) is 0 Å². The third kappa shape index (κ3) is 4.74. The van der Waals surface area contributed by atoms with Crippen molar-refractivity contribution in [1.29, 1.82) is 0 Å². The highest BCUT2D eigenvalue weighted by atomic mass is 19.1. The van der Waals surface area contributed by atoms with Gasteiger partial charge in [0.05, 0.1) is 18.0 Å². The zero-order valence-electron chi connectivity index (χ0n) is 18.0. The average Bonchev–Trinajstić information content (AvgIpc) is 3.40. The number of aliphatic hydroxyl groups is 1. The fraction of sp³-hybridized carbons (Fsp3) is 0.391. The van der Waals surface area contributed by atoms with E-state index in [2.05, 4.69) is 20.2 Å². The maximum Gasteiger partial charge on any atom is 0.237 e. The quantitative estimate of drug-likeness (QED) is 0.425. The number of aromatic nitrogens is 2. The van der Waals surface area contributed by atoms with Crippen LogP contribution < -0.4 is 15.8 Å². The topological polar surface area (TPSA) is 117 Å². The monoisotopic (exact) mass is 441 g/mol. The van der Waals surface area contributed by atoms with E-state index in [4.69, 9.17) is 10.5 Å². The lowest BCUT2D eigenvalue weighted by Gasteiger charge is -2.21. The van der Waals surface area contributed by atoms with E-state index in [9.17, 15) is 14.3 Å². The minimum atomic E-state index is -0.764. The Morgan fingerprint density at radius 1 is 1.44 bits per heavy atom. The Kier molecular flexibility index (Phi) is 6.69. The molecule has 3 heterocycles. The Morgan fingerprint density at radius 2 is 2.28 bits per heavy atom. The number of hydrogen-bond donors (Lipinski definition) is 4. The number of likely N-dealkylation sites (tertiary alicyclic amines) is 1. The second-order valence-corrected chi connectivity index (χ2v) is 8.20. The molecule has 0 aliphatic carbocycles. The molecule has 1 saturated heterocycles. The fourth-order valence-corrected chi connectivity index (χ4v) is 4.11. The molecule has 3 aromatic rings. The van der Waals surface area contributed by atoms with Crippen molar-refractivity contribution < 1.29 is 19.0 Å². The normalized spacial score (nSPS) is 17.6. The first-order valence-electron chi connectivity index (χ1n) is 10.7. The van der Waals surface area contributed by atoms with Gasteiger partial charge in [0.2, 0.25) is 5.91 Å².